The van der Waals surface area contributed by atoms with E-state index in [1.165, 1.54) is 30.2 Å². The molecule has 0 bridgehead atoms. The number of anilines is 1. The number of rotatable bonds is 4. The molecule has 0 aromatic heterocycles. The number of fused-ring (bicyclic) bond motifs is 1. The van der Waals surface area contributed by atoms with Crippen molar-refractivity contribution in [2.75, 3.05) is 18.6 Å². The molecule has 26 heavy (non-hydrogen) atoms. The number of hydrogen-bond acceptors (Lipinski definition) is 5. The fourth-order valence-corrected chi connectivity index (χ4v) is 2.82. The maximum absolute atomic E-state index is 12.5. The fourth-order valence-electron chi connectivity index (χ4n) is 2.82. The number of carbonyl (C=O) groups excluding carboxylic acids is 2. The lowest BCUT2D eigenvalue weighted by molar-refractivity contribution is -0.384. The molecule has 1 amide bonds. The van der Waals surface area contributed by atoms with E-state index >= 15 is 0 Å². The Morgan fingerprint density at radius 1 is 1.19 bits per heavy atom. The van der Waals surface area contributed by atoms with Crippen LogP contribution < -0.4 is 4.90 Å². The number of nitro groups is 1. The Morgan fingerprint density at radius 2 is 1.92 bits per heavy atom. The minimum Gasteiger partial charge on any atom is -0.465 e. The summed E-state index contributed by atoms with van der Waals surface area (Å²) in [6, 6.07) is 11.2. The zero-order chi connectivity index (χ0) is 18.7. The van der Waals surface area contributed by atoms with Crippen LogP contribution in [0.5, 0.6) is 0 Å². The molecule has 0 spiro atoms. The average Bonchev–Trinajstić information content (AvgIpc) is 3.09. The highest BCUT2D eigenvalue weighted by Crippen LogP contribution is 2.31. The summed E-state index contributed by atoms with van der Waals surface area (Å²) in [5.74, 6) is -0.673. The van der Waals surface area contributed by atoms with Gasteiger partial charge in [-0.15, -0.1) is 0 Å². The van der Waals surface area contributed by atoms with Crippen molar-refractivity contribution in [3.8, 4) is 0 Å². The first-order chi connectivity index (χ1) is 12.5. The van der Waals surface area contributed by atoms with E-state index in [-0.39, 0.29) is 11.6 Å². The topological polar surface area (TPSA) is 89.8 Å². The summed E-state index contributed by atoms with van der Waals surface area (Å²) in [6.07, 6.45) is 3.72. The van der Waals surface area contributed by atoms with Crippen LogP contribution in [0.3, 0.4) is 0 Å². The predicted molar refractivity (Wildman–Crippen MR) is 96.0 cm³/mol. The van der Waals surface area contributed by atoms with E-state index in [2.05, 4.69) is 4.74 Å². The van der Waals surface area contributed by atoms with Gasteiger partial charge in [0, 0.05) is 24.8 Å². The third-order valence-electron chi connectivity index (χ3n) is 4.19. The Labute approximate surface area is 149 Å². The molecule has 3 rings (SSSR count). The smallest absolute Gasteiger partial charge is 0.337 e. The van der Waals surface area contributed by atoms with Crippen molar-refractivity contribution in [3.63, 3.8) is 0 Å². The minimum absolute atomic E-state index is 0.0363. The van der Waals surface area contributed by atoms with Crippen molar-refractivity contribution in [2.24, 2.45) is 0 Å². The highest BCUT2D eigenvalue weighted by atomic mass is 16.6. The fraction of sp³-hybridized carbons (Fsp3) is 0.158. The zero-order valence-electron chi connectivity index (χ0n) is 14.0. The third kappa shape index (κ3) is 3.46. The molecule has 0 unspecified atom stereocenters. The number of ether oxygens (including phenoxy) is 1. The number of nitrogens with zero attached hydrogens (tertiary/aromatic N) is 2. The first-order valence-corrected chi connectivity index (χ1v) is 7.95. The molecule has 132 valence electrons. The molecule has 2 aromatic carbocycles. The van der Waals surface area contributed by atoms with Crippen LogP contribution in [0, 0.1) is 10.1 Å². The average molecular weight is 352 g/mol. The molecule has 2 aromatic rings. The maximum Gasteiger partial charge on any atom is 0.337 e. The summed E-state index contributed by atoms with van der Waals surface area (Å²) in [7, 11) is 1.31. The normalized spacial score (nSPS) is 12.9. The van der Waals surface area contributed by atoms with Gasteiger partial charge in [-0.3, -0.25) is 14.9 Å². The predicted octanol–water partition coefficient (Wildman–Crippen LogP) is 2.98. The summed E-state index contributed by atoms with van der Waals surface area (Å²) in [5, 5.41) is 10.9. The first kappa shape index (κ1) is 17.3. The largest absolute Gasteiger partial charge is 0.465 e. The maximum atomic E-state index is 12.5. The van der Waals surface area contributed by atoms with Crippen molar-refractivity contribution in [3.05, 3.63) is 75.3 Å². The molecule has 1 aliphatic heterocycles. The molecule has 0 atom stereocenters. The number of non-ortho nitro benzene ring substituents is 1. The number of esters is 1. The van der Waals surface area contributed by atoms with E-state index in [4.69, 9.17) is 0 Å². The Bertz CT molecular complexity index is 903. The summed E-state index contributed by atoms with van der Waals surface area (Å²) in [4.78, 5) is 35.9. The molecule has 0 N–H and O–H groups in total. The van der Waals surface area contributed by atoms with Crippen molar-refractivity contribution < 1.29 is 19.2 Å². The van der Waals surface area contributed by atoms with Crippen LogP contribution >= 0.6 is 0 Å². The van der Waals surface area contributed by atoms with Gasteiger partial charge in [0.1, 0.15) is 0 Å². The van der Waals surface area contributed by atoms with Gasteiger partial charge in [-0.25, -0.2) is 4.79 Å². The van der Waals surface area contributed by atoms with E-state index in [0.29, 0.717) is 24.2 Å². The highest BCUT2D eigenvalue weighted by Gasteiger charge is 2.25. The van der Waals surface area contributed by atoms with Crippen molar-refractivity contribution >= 4 is 29.3 Å². The molecule has 0 saturated heterocycles. The third-order valence-corrected chi connectivity index (χ3v) is 4.19. The number of nitro benzene ring substituents is 1. The van der Waals surface area contributed by atoms with Gasteiger partial charge in [-0.1, -0.05) is 18.2 Å². The molecule has 0 saturated carbocycles. The van der Waals surface area contributed by atoms with Crippen molar-refractivity contribution in [1.82, 2.24) is 0 Å². The van der Waals surface area contributed by atoms with Gasteiger partial charge in [-0.05, 0) is 35.8 Å². The molecular weight excluding hydrogens is 336 g/mol. The zero-order valence-corrected chi connectivity index (χ0v) is 14.0. The Kier molecular flexibility index (Phi) is 4.79. The van der Waals surface area contributed by atoms with Crippen LogP contribution in [-0.2, 0) is 16.0 Å². The first-order valence-electron chi connectivity index (χ1n) is 7.95. The summed E-state index contributed by atoms with van der Waals surface area (Å²) < 4.78 is 4.64. The Hall–Kier alpha value is -3.48. The lowest BCUT2D eigenvalue weighted by atomic mass is 10.1. The van der Waals surface area contributed by atoms with Gasteiger partial charge >= 0.3 is 5.97 Å². The van der Waals surface area contributed by atoms with E-state index in [9.17, 15) is 19.7 Å². The van der Waals surface area contributed by atoms with Crippen LogP contribution in [0.2, 0.25) is 0 Å². The summed E-state index contributed by atoms with van der Waals surface area (Å²) in [5.41, 5.74) is 2.64. The number of methoxy groups -OCH3 is 1. The number of benzene rings is 2. The molecule has 1 heterocycles. The van der Waals surface area contributed by atoms with Gasteiger partial charge in [0.15, 0.2) is 0 Å². The van der Waals surface area contributed by atoms with Gasteiger partial charge in [0.25, 0.3) is 11.6 Å². The van der Waals surface area contributed by atoms with E-state index in [1.54, 1.807) is 36.4 Å². The molecule has 0 aliphatic carbocycles. The molecule has 1 aliphatic rings. The second-order valence-corrected chi connectivity index (χ2v) is 5.76. The second kappa shape index (κ2) is 7.18. The monoisotopic (exact) mass is 352 g/mol. The molecule has 7 nitrogen and oxygen atoms in total. The van der Waals surface area contributed by atoms with Crippen molar-refractivity contribution in [1.29, 1.82) is 0 Å². The lowest BCUT2D eigenvalue weighted by Crippen LogP contribution is -2.26. The molecular formula is C19H16N2O5. The van der Waals surface area contributed by atoms with Crippen molar-refractivity contribution in [2.45, 2.75) is 6.42 Å². The van der Waals surface area contributed by atoms with Gasteiger partial charge in [0.2, 0.25) is 0 Å². The second-order valence-electron chi connectivity index (χ2n) is 5.76. The summed E-state index contributed by atoms with van der Waals surface area (Å²) >= 11 is 0. The quantitative estimate of drug-likeness (QED) is 0.365. The van der Waals surface area contributed by atoms with Gasteiger partial charge in [-0.2, -0.15) is 0 Å². The van der Waals surface area contributed by atoms with Crippen LogP contribution in [0.25, 0.3) is 6.08 Å². The van der Waals surface area contributed by atoms with Crippen LogP contribution in [-0.4, -0.2) is 30.5 Å². The Morgan fingerprint density at radius 3 is 2.58 bits per heavy atom. The number of amides is 1. The number of hydrogen-bond donors (Lipinski definition) is 0. The van der Waals surface area contributed by atoms with Crippen LogP contribution in [0.1, 0.15) is 21.5 Å². The van der Waals surface area contributed by atoms with E-state index < -0.39 is 10.9 Å². The van der Waals surface area contributed by atoms with Crippen LogP contribution in [0.15, 0.2) is 48.5 Å². The SMILES string of the molecule is COC(=O)c1ccc(/C=C/C(=O)N2CCc3ccc([N+](=O)[O-])cc32)cc1. The molecule has 0 fully saturated rings. The van der Waals surface area contributed by atoms with Gasteiger partial charge in [0.05, 0.1) is 23.3 Å². The molecule has 7 heteroatoms. The van der Waals surface area contributed by atoms with Crippen LogP contribution in [0.4, 0.5) is 11.4 Å². The molecule has 0 radical (unpaired) electrons. The van der Waals surface area contributed by atoms with E-state index in [0.717, 1.165) is 11.1 Å². The minimum atomic E-state index is -0.472. The summed E-state index contributed by atoms with van der Waals surface area (Å²) in [6.45, 7) is 0.487. The Balaban J connectivity index is 1.75. The van der Waals surface area contributed by atoms with Gasteiger partial charge < -0.3 is 9.64 Å². The van der Waals surface area contributed by atoms with E-state index in [1.807, 2.05) is 0 Å². The standard InChI is InChI=1S/C19H16N2O5/c1-26-19(23)15-5-2-13(3-6-15)4-9-18(22)20-11-10-14-7-8-16(21(24)25)12-17(14)20/h2-9,12H,10-11H2,1H3/b9-4+. The number of carbonyl (C=O) groups is 2. The highest BCUT2D eigenvalue weighted by molar-refractivity contribution is 6.05. The lowest BCUT2D eigenvalue weighted by Gasteiger charge is -2.14.